The van der Waals surface area contributed by atoms with Crippen molar-refractivity contribution in [3.05, 3.63) is 0 Å². The number of fused-ring (bicyclic) bond motifs is 2. The molecule has 3 unspecified atom stereocenters. The second-order valence-corrected chi connectivity index (χ2v) is 6.36. The number of carbonyl (C=O) groups excluding carboxylic acids is 1. The monoisotopic (exact) mass is 253 g/mol. The van der Waals surface area contributed by atoms with Crippen LogP contribution in [0.1, 0.15) is 39.5 Å². The van der Waals surface area contributed by atoms with Gasteiger partial charge >= 0.3 is 0 Å². The largest absolute Gasteiger partial charge is 0.340 e. The van der Waals surface area contributed by atoms with Crippen LogP contribution < -0.4 is 5.73 Å². The maximum atomic E-state index is 12.4. The third kappa shape index (κ3) is 2.86. The Morgan fingerprint density at radius 1 is 1.28 bits per heavy atom. The van der Waals surface area contributed by atoms with Crippen LogP contribution in [0.15, 0.2) is 0 Å². The van der Waals surface area contributed by atoms with Crippen molar-refractivity contribution in [2.75, 3.05) is 20.1 Å². The number of likely N-dealkylation sites (N-methyl/N-ethyl adjacent to an activating group) is 1. The van der Waals surface area contributed by atoms with E-state index in [2.05, 4.69) is 25.8 Å². The van der Waals surface area contributed by atoms with Crippen molar-refractivity contribution in [2.24, 2.45) is 11.7 Å². The van der Waals surface area contributed by atoms with E-state index >= 15 is 0 Å². The van der Waals surface area contributed by atoms with Crippen molar-refractivity contribution in [2.45, 2.75) is 57.7 Å². The fraction of sp³-hybridized carbons (Fsp3) is 0.929. The highest BCUT2D eigenvalue weighted by Gasteiger charge is 2.36. The SMILES string of the molecule is CC(C)CC(N)C(=O)N1CCC2CCC(C1)N2C. The summed E-state index contributed by atoms with van der Waals surface area (Å²) in [5.74, 6) is 0.639. The lowest BCUT2D eigenvalue weighted by atomic mass is 10.0. The first kappa shape index (κ1) is 13.8. The van der Waals surface area contributed by atoms with Gasteiger partial charge in [-0.1, -0.05) is 13.8 Å². The highest BCUT2D eigenvalue weighted by atomic mass is 16.2. The van der Waals surface area contributed by atoms with E-state index in [9.17, 15) is 4.79 Å². The Hall–Kier alpha value is -0.610. The predicted molar refractivity (Wildman–Crippen MR) is 73.2 cm³/mol. The summed E-state index contributed by atoms with van der Waals surface area (Å²) in [5.41, 5.74) is 6.03. The van der Waals surface area contributed by atoms with Crippen molar-refractivity contribution in [3.8, 4) is 0 Å². The smallest absolute Gasteiger partial charge is 0.239 e. The summed E-state index contributed by atoms with van der Waals surface area (Å²) in [4.78, 5) is 16.8. The number of likely N-dealkylation sites (tertiary alicyclic amines) is 1. The molecule has 2 N–H and O–H groups in total. The molecule has 2 bridgehead atoms. The van der Waals surface area contributed by atoms with Gasteiger partial charge in [0.1, 0.15) is 0 Å². The second-order valence-electron chi connectivity index (χ2n) is 6.36. The molecule has 0 spiro atoms. The number of amides is 1. The molecular formula is C14H27N3O. The van der Waals surface area contributed by atoms with Crippen LogP contribution >= 0.6 is 0 Å². The van der Waals surface area contributed by atoms with Crippen LogP contribution in [0.25, 0.3) is 0 Å². The maximum absolute atomic E-state index is 12.4. The zero-order chi connectivity index (χ0) is 13.3. The normalized spacial score (nSPS) is 30.6. The van der Waals surface area contributed by atoms with E-state index in [-0.39, 0.29) is 11.9 Å². The third-order valence-corrected chi connectivity index (χ3v) is 4.50. The van der Waals surface area contributed by atoms with Gasteiger partial charge in [-0.15, -0.1) is 0 Å². The summed E-state index contributed by atoms with van der Waals surface area (Å²) in [6.07, 6.45) is 4.41. The third-order valence-electron chi connectivity index (χ3n) is 4.50. The Morgan fingerprint density at radius 3 is 2.61 bits per heavy atom. The van der Waals surface area contributed by atoms with Crippen LogP contribution in [-0.2, 0) is 4.79 Å². The van der Waals surface area contributed by atoms with Gasteiger partial charge in [-0.2, -0.15) is 0 Å². The van der Waals surface area contributed by atoms with Crippen LogP contribution in [0.3, 0.4) is 0 Å². The number of hydrogen-bond acceptors (Lipinski definition) is 3. The molecular weight excluding hydrogens is 226 g/mol. The molecule has 4 heteroatoms. The van der Waals surface area contributed by atoms with Gasteiger partial charge < -0.3 is 10.6 Å². The average molecular weight is 253 g/mol. The van der Waals surface area contributed by atoms with Crippen molar-refractivity contribution in [1.82, 2.24) is 9.80 Å². The lowest BCUT2D eigenvalue weighted by molar-refractivity contribution is -0.133. The number of nitrogens with zero attached hydrogens (tertiary/aromatic N) is 2. The molecule has 1 amide bonds. The molecule has 2 fully saturated rings. The van der Waals surface area contributed by atoms with Gasteiger partial charge in [-0.25, -0.2) is 0 Å². The Labute approximate surface area is 110 Å². The number of hydrogen-bond donors (Lipinski definition) is 1. The summed E-state index contributed by atoms with van der Waals surface area (Å²) in [5, 5.41) is 0. The molecule has 2 aliphatic heterocycles. The molecule has 0 aromatic carbocycles. The first-order valence-corrected chi connectivity index (χ1v) is 7.25. The first-order chi connectivity index (χ1) is 8.49. The number of carbonyl (C=O) groups is 1. The maximum Gasteiger partial charge on any atom is 0.239 e. The molecule has 2 saturated heterocycles. The summed E-state index contributed by atoms with van der Waals surface area (Å²) >= 11 is 0. The van der Waals surface area contributed by atoms with Gasteiger partial charge in [0.2, 0.25) is 5.91 Å². The Morgan fingerprint density at radius 2 is 1.94 bits per heavy atom. The van der Waals surface area contributed by atoms with Crippen LogP contribution in [-0.4, -0.2) is 54.0 Å². The van der Waals surface area contributed by atoms with E-state index in [4.69, 9.17) is 5.73 Å². The second kappa shape index (κ2) is 5.57. The topological polar surface area (TPSA) is 49.6 Å². The number of rotatable bonds is 3. The standard InChI is InChI=1S/C14H27N3O/c1-10(2)8-13(15)14(18)17-7-6-11-4-5-12(9-17)16(11)3/h10-13H,4-9,15H2,1-3H3. The lowest BCUT2D eigenvalue weighted by Gasteiger charge is -2.28. The fourth-order valence-electron chi connectivity index (χ4n) is 3.35. The van der Waals surface area contributed by atoms with Crippen LogP contribution in [0.5, 0.6) is 0 Å². The van der Waals surface area contributed by atoms with Crippen LogP contribution in [0.2, 0.25) is 0 Å². The molecule has 0 aliphatic carbocycles. The molecule has 0 aromatic heterocycles. The predicted octanol–water partition coefficient (Wildman–Crippen LogP) is 1.05. The summed E-state index contributed by atoms with van der Waals surface area (Å²) in [6, 6.07) is 0.911. The Bertz CT molecular complexity index is 305. The minimum atomic E-state index is -0.313. The molecule has 2 aliphatic rings. The van der Waals surface area contributed by atoms with Crippen molar-refractivity contribution < 1.29 is 4.79 Å². The van der Waals surface area contributed by atoms with E-state index in [0.717, 1.165) is 25.9 Å². The van der Waals surface area contributed by atoms with Gasteiger partial charge in [0.15, 0.2) is 0 Å². The molecule has 0 radical (unpaired) electrons. The minimum absolute atomic E-state index is 0.157. The molecule has 18 heavy (non-hydrogen) atoms. The Kier molecular flexibility index (Phi) is 4.28. The summed E-state index contributed by atoms with van der Waals surface area (Å²) in [7, 11) is 2.20. The highest BCUT2D eigenvalue weighted by Crippen LogP contribution is 2.28. The van der Waals surface area contributed by atoms with Gasteiger partial charge in [-0.05, 0) is 38.6 Å². The van der Waals surface area contributed by atoms with Gasteiger partial charge in [0, 0.05) is 25.2 Å². The van der Waals surface area contributed by atoms with Gasteiger partial charge in [0.25, 0.3) is 0 Å². The van der Waals surface area contributed by atoms with Crippen molar-refractivity contribution >= 4 is 5.91 Å². The quantitative estimate of drug-likeness (QED) is 0.818. The average Bonchev–Trinajstić information content (AvgIpc) is 2.51. The summed E-state index contributed by atoms with van der Waals surface area (Å²) < 4.78 is 0. The molecule has 104 valence electrons. The van der Waals surface area contributed by atoms with E-state index in [0.29, 0.717) is 18.0 Å². The van der Waals surface area contributed by atoms with Crippen LogP contribution in [0, 0.1) is 5.92 Å². The van der Waals surface area contributed by atoms with E-state index < -0.39 is 0 Å². The molecule has 2 rings (SSSR count). The molecule has 0 saturated carbocycles. The molecule has 2 heterocycles. The minimum Gasteiger partial charge on any atom is -0.340 e. The lowest BCUT2D eigenvalue weighted by Crippen LogP contribution is -2.47. The molecule has 0 aromatic rings. The van der Waals surface area contributed by atoms with E-state index in [1.807, 2.05) is 4.90 Å². The van der Waals surface area contributed by atoms with Gasteiger partial charge in [-0.3, -0.25) is 9.69 Å². The van der Waals surface area contributed by atoms with Crippen molar-refractivity contribution in [1.29, 1.82) is 0 Å². The summed E-state index contributed by atoms with van der Waals surface area (Å²) in [6.45, 7) is 5.99. The van der Waals surface area contributed by atoms with Crippen molar-refractivity contribution in [3.63, 3.8) is 0 Å². The highest BCUT2D eigenvalue weighted by molar-refractivity contribution is 5.81. The first-order valence-electron chi connectivity index (χ1n) is 7.25. The van der Waals surface area contributed by atoms with Gasteiger partial charge in [0.05, 0.1) is 6.04 Å². The number of nitrogens with two attached hydrogens (primary N) is 1. The molecule has 4 nitrogen and oxygen atoms in total. The van der Waals surface area contributed by atoms with Crippen LogP contribution in [0.4, 0.5) is 0 Å². The van der Waals surface area contributed by atoms with E-state index in [1.165, 1.54) is 12.8 Å². The van der Waals surface area contributed by atoms with E-state index in [1.54, 1.807) is 0 Å². The fourth-order valence-corrected chi connectivity index (χ4v) is 3.35. The zero-order valence-electron chi connectivity index (χ0n) is 11.9. The molecule has 3 atom stereocenters. The Balaban J connectivity index is 1.95. The zero-order valence-corrected chi connectivity index (χ0v) is 11.9.